The molecule has 1 aromatic heterocycles. The number of nitriles is 1. The maximum Gasteiger partial charge on any atom is 0.100 e. The Morgan fingerprint density at radius 3 is 2.92 bits per heavy atom. The molecule has 1 N–H and O–H groups in total. The van der Waals surface area contributed by atoms with E-state index in [1.54, 1.807) is 6.07 Å². The van der Waals surface area contributed by atoms with Gasteiger partial charge in [-0.1, -0.05) is 6.07 Å². The minimum Gasteiger partial charge on any atom is -0.360 e. The lowest BCUT2D eigenvalue weighted by Crippen LogP contribution is -1.78. The van der Waals surface area contributed by atoms with Gasteiger partial charge in [-0.05, 0) is 28.1 Å². The van der Waals surface area contributed by atoms with Gasteiger partial charge in [0.1, 0.15) is 6.07 Å². The van der Waals surface area contributed by atoms with Crippen molar-refractivity contribution in [2.45, 2.75) is 0 Å². The Labute approximate surface area is 77.9 Å². The number of aromatic amines is 1. The van der Waals surface area contributed by atoms with Crippen LogP contribution in [-0.2, 0) is 0 Å². The van der Waals surface area contributed by atoms with Crippen molar-refractivity contribution in [2.24, 2.45) is 0 Å². The topological polar surface area (TPSA) is 39.6 Å². The molecule has 12 heavy (non-hydrogen) atoms. The van der Waals surface area contributed by atoms with Crippen molar-refractivity contribution in [3.8, 4) is 6.07 Å². The summed E-state index contributed by atoms with van der Waals surface area (Å²) in [6.45, 7) is 0. The second-order valence-electron chi connectivity index (χ2n) is 2.48. The predicted molar refractivity (Wildman–Crippen MR) is 50.7 cm³/mol. The summed E-state index contributed by atoms with van der Waals surface area (Å²) in [5, 5.41) is 9.83. The molecule has 2 rings (SSSR count). The Hall–Kier alpha value is -1.27. The van der Waals surface area contributed by atoms with E-state index in [4.69, 9.17) is 5.26 Å². The number of fused-ring (bicyclic) bond motifs is 1. The number of hydrogen-bond donors (Lipinski definition) is 1. The number of hydrogen-bond acceptors (Lipinski definition) is 1. The van der Waals surface area contributed by atoms with E-state index < -0.39 is 0 Å². The fraction of sp³-hybridized carbons (Fsp3) is 0. The van der Waals surface area contributed by atoms with Crippen LogP contribution in [0.3, 0.4) is 0 Å². The zero-order valence-electron chi connectivity index (χ0n) is 6.13. The minimum absolute atomic E-state index is 0.657. The maximum absolute atomic E-state index is 8.72. The number of halogens is 1. The number of aromatic nitrogens is 1. The van der Waals surface area contributed by atoms with Gasteiger partial charge in [0.25, 0.3) is 0 Å². The molecule has 0 saturated heterocycles. The van der Waals surface area contributed by atoms with Gasteiger partial charge in [-0.2, -0.15) is 5.26 Å². The summed E-state index contributed by atoms with van der Waals surface area (Å²) in [4.78, 5) is 3.06. The normalized spacial score (nSPS) is 10.0. The molecule has 1 aromatic carbocycles. The van der Waals surface area contributed by atoms with E-state index in [1.807, 2.05) is 18.3 Å². The summed E-state index contributed by atoms with van der Waals surface area (Å²) >= 11 is 3.37. The molecule has 0 aliphatic carbocycles. The molecule has 0 atom stereocenters. The van der Waals surface area contributed by atoms with Crippen LogP contribution in [0.5, 0.6) is 0 Å². The van der Waals surface area contributed by atoms with E-state index in [2.05, 4.69) is 27.0 Å². The molecule has 0 spiro atoms. The lowest BCUT2D eigenvalue weighted by Gasteiger charge is -1.95. The van der Waals surface area contributed by atoms with Gasteiger partial charge in [0.05, 0.1) is 15.6 Å². The second-order valence-corrected chi connectivity index (χ2v) is 3.27. The smallest absolute Gasteiger partial charge is 0.100 e. The Bertz CT molecular complexity index is 465. The van der Waals surface area contributed by atoms with Crippen LogP contribution in [0.4, 0.5) is 0 Å². The van der Waals surface area contributed by atoms with Crippen LogP contribution in [0.15, 0.2) is 28.9 Å². The molecule has 0 fully saturated rings. The highest BCUT2D eigenvalue weighted by Gasteiger charge is 2.03. The van der Waals surface area contributed by atoms with Crippen molar-refractivity contribution in [3.63, 3.8) is 0 Å². The van der Waals surface area contributed by atoms with Crippen molar-refractivity contribution < 1.29 is 0 Å². The maximum atomic E-state index is 8.72. The molecule has 0 bridgehead atoms. The summed E-state index contributed by atoms with van der Waals surface area (Å²) in [6.07, 6.45) is 1.86. The number of nitrogens with zero attached hydrogens (tertiary/aromatic N) is 1. The molecule has 0 aliphatic rings. The predicted octanol–water partition coefficient (Wildman–Crippen LogP) is 2.80. The lowest BCUT2D eigenvalue weighted by molar-refractivity contribution is 1.44. The van der Waals surface area contributed by atoms with Crippen LogP contribution in [0, 0.1) is 11.3 Å². The van der Waals surface area contributed by atoms with Crippen molar-refractivity contribution in [1.82, 2.24) is 4.98 Å². The fourth-order valence-electron chi connectivity index (χ4n) is 1.18. The quantitative estimate of drug-likeness (QED) is 0.729. The van der Waals surface area contributed by atoms with Gasteiger partial charge in [-0.3, -0.25) is 0 Å². The molecule has 0 aliphatic heterocycles. The third kappa shape index (κ3) is 0.926. The molecule has 0 unspecified atom stereocenters. The molecular formula is C9H5BrN2. The van der Waals surface area contributed by atoms with Gasteiger partial charge in [0.2, 0.25) is 0 Å². The van der Waals surface area contributed by atoms with Gasteiger partial charge >= 0.3 is 0 Å². The summed E-state index contributed by atoms with van der Waals surface area (Å²) < 4.78 is 0.840. The molecule has 2 nitrogen and oxygen atoms in total. The summed E-state index contributed by atoms with van der Waals surface area (Å²) in [7, 11) is 0. The van der Waals surface area contributed by atoms with Crippen LogP contribution >= 0.6 is 15.9 Å². The zero-order chi connectivity index (χ0) is 8.55. The van der Waals surface area contributed by atoms with Crippen molar-refractivity contribution in [3.05, 3.63) is 34.4 Å². The number of H-pyrrole nitrogens is 1. The van der Waals surface area contributed by atoms with E-state index in [9.17, 15) is 0 Å². The van der Waals surface area contributed by atoms with Crippen LogP contribution in [-0.4, -0.2) is 4.98 Å². The second kappa shape index (κ2) is 2.65. The molecule has 0 radical (unpaired) electrons. The number of nitrogens with one attached hydrogen (secondary N) is 1. The minimum atomic E-state index is 0.657. The Kier molecular flexibility index (Phi) is 1.63. The fourth-order valence-corrected chi connectivity index (χ4v) is 1.74. The molecule has 1 heterocycles. The van der Waals surface area contributed by atoms with Gasteiger partial charge in [0.15, 0.2) is 0 Å². The average Bonchev–Trinajstić information content (AvgIpc) is 2.53. The first-order valence-corrected chi connectivity index (χ1v) is 4.28. The standard InChI is InChI=1S/C9H5BrN2/c10-8-7(5-11)2-1-6-3-4-12-9(6)8/h1-4,12H. The lowest BCUT2D eigenvalue weighted by atomic mass is 10.2. The van der Waals surface area contributed by atoms with Gasteiger partial charge in [-0.25, -0.2) is 0 Å². The van der Waals surface area contributed by atoms with Gasteiger partial charge in [-0.15, -0.1) is 0 Å². The monoisotopic (exact) mass is 220 g/mol. The third-order valence-corrected chi connectivity index (χ3v) is 2.61. The number of benzene rings is 1. The van der Waals surface area contributed by atoms with Gasteiger partial charge in [0, 0.05) is 11.6 Å². The Balaban J connectivity index is 2.89. The van der Waals surface area contributed by atoms with E-state index >= 15 is 0 Å². The van der Waals surface area contributed by atoms with E-state index in [1.165, 1.54) is 0 Å². The molecule has 0 amide bonds. The highest BCUT2D eigenvalue weighted by molar-refractivity contribution is 9.10. The average molecular weight is 221 g/mol. The first-order valence-electron chi connectivity index (χ1n) is 3.48. The SMILES string of the molecule is N#Cc1ccc2cc[nH]c2c1Br. The molecule has 58 valence electrons. The van der Waals surface area contributed by atoms with E-state index in [-0.39, 0.29) is 0 Å². The summed E-state index contributed by atoms with van der Waals surface area (Å²) in [6, 6.07) is 7.82. The van der Waals surface area contributed by atoms with E-state index in [0.717, 1.165) is 15.4 Å². The van der Waals surface area contributed by atoms with Crippen LogP contribution in [0.2, 0.25) is 0 Å². The van der Waals surface area contributed by atoms with Gasteiger partial charge < -0.3 is 4.98 Å². The van der Waals surface area contributed by atoms with E-state index in [0.29, 0.717) is 5.56 Å². The molecule has 2 aromatic rings. The Morgan fingerprint density at radius 1 is 1.33 bits per heavy atom. The summed E-state index contributed by atoms with van der Waals surface area (Å²) in [5.74, 6) is 0. The van der Waals surface area contributed by atoms with Crippen LogP contribution in [0.1, 0.15) is 5.56 Å². The molecule has 3 heteroatoms. The molecule has 0 saturated carbocycles. The zero-order valence-corrected chi connectivity index (χ0v) is 7.72. The van der Waals surface area contributed by atoms with Crippen LogP contribution in [0.25, 0.3) is 10.9 Å². The molecular weight excluding hydrogens is 216 g/mol. The first-order chi connectivity index (χ1) is 5.83. The highest BCUT2D eigenvalue weighted by atomic mass is 79.9. The van der Waals surface area contributed by atoms with Crippen LogP contribution < -0.4 is 0 Å². The van der Waals surface area contributed by atoms with Crippen molar-refractivity contribution in [1.29, 1.82) is 5.26 Å². The number of rotatable bonds is 0. The third-order valence-electron chi connectivity index (χ3n) is 1.79. The summed E-state index contributed by atoms with van der Waals surface area (Å²) in [5.41, 5.74) is 1.64. The highest BCUT2D eigenvalue weighted by Crippen LogP contribution is 2.25. The Morgan fingerprint density at radius 2 is 2.17 bits per heavy atom. The largest absolute Gasteiger partial charge is 0.360 e. The van der Waals surface area contributed by atoms with Crippen molar-refractivity contribution >= 4 is 26.8 Å². The van der Waals surface area contributed by atoms with Crippen molar-refractivity contribution in [2.75, 3.05) is 0 Å². The first kappa shape index (κ1) is 7.38.